The molecule has 0 radical (unpaired) electrons. The van der Waals surface area contributed by atoms with E-state index >= 15 is 0 Å². The summed E-state index contributed by atoms with van der Waals surface area (Å²) in [5, 5.41) is 13.7. The molecule has 0 aliphatic carbocycles. The standard InChI is InChI=1S/C18H26ClN7O2/c1-11-9-15(25-24-11)22-14-10-13(19)21-16(23-14)20-12-5-7-26(8-6-12)17(27)28-18(2,3)4/h9-10,12H,5-8H2,1-4H3,(H3,20,21,22,23,24,25). The van der Waals surface area contributed by atoms with Gasteiger partial charge < -0.3 is 20.3 Å². The fraction of sp³-hybridized carbons (Fsp3) is 0.556. The van der Waals surface area contributed by atoms with Gasteiger partial charge in [-0.3, -0.25) is 5.10 Å². The zero-order chi connectivity index (χ0) is 20.3. The SMILES string of the molecule is Cc1cc(Nc2cc(Cl)nc(NC3CCN(C(=O)OC(C)(C)C)CC3)n2)n[nH]1. The maximum Gasteiger partial charge on any atom is 0.410 e. The van der Waals surface area contributed by atoms with E-state index in [0.29, 0.717) is 35.8 Å². The highest BCUT2D eigenvalue weighted by atomic mass is 35.5. The van der Waals surface area contributed by atoms with Crippen molar-refractivity contribution in [1.82, 2.24) is 25.1 Å². The molecule has 28 heavy (non-hydrogen) atoms. The molecule has 2 aromatic heterocycles. The minimum Gasteiger partial charge on any atom is -0.444 e. The molecule has 1 saturated heterocycles. The van der Waals surface area contributed by atoms with Gasteiger partial charge in [-0.05, 0) is 40.5 Å². The number of ether oxygens (including phenoxy) is 1. The number of likely N-dealkylation sites (tertiary alicyclic amines) is 1. The van der Waals surface area contributed by atoms with Crippen LogP contribution < -0.4 is 10.6 Å². The van der Waals surface area contributed by atoms with Crippen molar-refractivity contribution in [2.75, 3.05) is 23.7 Å². The molecule has 1 fully saturated rings. The first-order chi connectivity index (χ1) is 13.2. The lowest BCUT2D eigenvalue weighted by molar-refractivity contribution is 0.0210. The number of carbonyl (C=O) groups is 1. The normalized spacial score (nSPS) is 15.4. The van der Waals surface area contributed by atoms with E-state index in [-0.39, 0.29) is 12.1 Å². The van der Waals surface area contributed by atoms with Gasteiger partial charge in [-0.1, -0.05) is 11.6 Å². The van der Waals surface area contributed by atoms with Gasteiger partial charge in [-0.2, -0.15) is 10.1 Å². The van der Waals surface area contributed by atoms with E-state index in [4.69, 9.17) is 16.3 Å². The zero-order valence-corrected chi connectivity index (χ0v) is 17.3. The molecule has 3 N–H and O–H groups in total. The Bertz CT molecular complexity index is 826. The molecule has 152 valence electrons. The van der Waals surface area contributed by atoms with E-state index < -0.39 is 5.60 Å². The Morgan fingerprint density at radius 3 is 2.57 bits per heavy atom. The highest BCUT2D eigenvalue weighted by molar-refractivity contribution is 6.29. The number of hydrogen-bond acceptors (Lipinski definition) is 7. The van der Waals surface area contributed by atoms with Gasteiger partial charge in [0.1, 0.15) is 16.6 Å². The molecule has 1 amide bonds. The summed E-state index contributed by atoms with van der Waals surface area (Å²) in [7, 11) is 0. The Morgan fingerprint density at radius 1 is 1.25 bits per heavy atom. The fourth-order valence-electron chi connectivity index (χ4n) is 2.87. The van der Waals surface area contributed by atoms with Crippen LogP contribution in [0.1, 0.15) is 39.3 Å². The van der Waals surface area contributed by atoms with Gasteiger partial charge in [-0.15, -0.1) is 0 Å². The maximum atomic E-state index is 12.2. The van der Waals surface area contributed by atoms with Crippen LogP contribution in [0, 0.1) is 6.92 Å². The topological polar surface area (TPSA) is 108 Å². The van der Waals surface area contributed by atoms with Gasteiger partial charge in [0.2, 0.25) is 5.95 Å². The summed E-state index contributed by atoms with van der Waals surface area (Å²) in [6, 6.07) is 3.66. The van der Waals surface area contributed by atoms with Gasteiger partial charge in [0.15, 0.2) is 5.82 Å². The second kappa shape index (κ2) is 8.22. The first-order valence-electron chi connectivity index (χ1n) is 9.26. The third kappa shape index (κ3) is 5.72. The Hall–Kier alpha value is -2.55. The molecule has 2 aromatic rings. The fourth-order valence-corrected chi connectivity index (χ4v) is 3.06. The van der Waals surface area contributed by atoms with Crippen molar-refractivity contribution in [3.8, 4) is 0 Å². The molecule has 3 rings (SSSR count). The summed E-state index contributed by atoms with van der Waals surface area (Å²) in [5.74, 6) is 1.65. The summed E-state index contributed by atoms with van der Waals surface area (Å²) < 4.78 is 5.43. The van der Waals surface area contributed by atoms with Crippen molar-refractivity contribution in [2.24, 2.45) is 0 Å². The van der Waals surface area contributed by atoms with Gasteiger partial charge in [-0.25, -0.2) is 9.78 Å². The number of H-pyrrole nitrogens is 1. The number of nitrogens with one attached hydrogen (secondary N) is 3. The number of amides is 1. The van der Waals surface area contributed by atoms with E-state index in [1.165, 1.54) is 0 Å². The molecule has 0 atom stereocenters. The van der Waals surface area contributed by atoms with E-state index in [0.717, 1.165) is 18.5 Å². The number of carbonyl (C=O) groups excluding carboxylic acids is 1. The molecular formula is C18H26ClN7O2. The van der Waals surface area contributed by atoms with E-state index in [2.05, 4.69) is 30.8 Å². The number of anilines is 3. The van der Waals surface area contributed by atoms with E-state index in [1.807, 2.05) is 33.8 Å². The predicted molar refractivity (Wildman–Crippen MR) is 108 cm³/mol. The van der Waals surface area contributed by atoms with E-state index in [1.54, 1.807) is 11.0 Å². The summed E-state index contributed by atoms with van der Waals surface area (Å²) in [5.41, 5.74) is 0.453. The van der Waals surface area contributed by atoms with Crippen LogP contribution in [0.4, 0.5) is 22.4 Å². The minimum absolute atomic E-state index is 0.151. The minimum atomic E-state index is -0.489. The molecule has 1 aliphatic rings. The number of aromatic amines is 1. The lowest BCUT2D eigenvalue weighted by Crippen LogP contribution is -2.44. The van der Waals surface area contributed by atoms with Crippen molar-refractivity contribution >= 4 is 35.3 Å². The van der Waals surface area contributed by atoms with Gasteiger partial charge in [0.25, 0.3) is 0 Å². The first-order valence-corrected chi connectivity index (χ1v) is 9.64. The van der Waals surface area contributed by atoms with Crippen LogP contribution >= 0.6 is 11.6 Å². The Balaban J connectivity index is 1.57. The zero-order valence-electron chi connectivity index (χ0n) is 16.5. The summed E-state index contributed by atoms with van der Waals surface area (Å²) >= 11 is 6.14. The first kappa shape index (κ1) is 20.2. The maximum absolute atomic E-state index is 12.2. The smallest absolute Gasteiger partial charge is 0.410 e. The van der Waals surface area contributed by atoms with E-state index in [9.17, 15) is 4.79 Å². The molecular weight excluding hydrogens is 382 g/mol. The summed E-state index contributed by atoms with van der Waals surface area (Å²) in [6.07, 6.45) is 1.28. The number of piperidine rings is 1. The highest BCUT2D eigenvalue weighted by Gasteiger charge is 2.27. The van der Waals surface area contributed by atoms with Crippen molar-refractivity contribution in [3.63, 3.8) is 0 Å². The lowest BCUT2D eigenvalue weighted by atomic mass is 10.1. The number of halogens is 1. The third-order valence-electron chi connectivity index (χ3n) is 4.14. The molecule has 3 heterocycles. The number of nitrogens with zero attached hydrogens (tertiary/aromatic N) is 4. The molecule has 0 spiro atoms. The number of aryl methyl sites for hydroxylation is 1. The molecule has 9 nitrogen and oxygen atoms in total. The van der Waals surface area contributed by atoms with Crippen molar-refractivity contribution in [2.45, 2.75) is 52.2 Å². The Kier molecular flexibility index (Phi) is 5.93. The molecule has 0 bridgehead atoms. The predicted octanol–water partition coefficient (Wildman–Crippen LogP) is 3.72. The average molecular weight is 408 g/mol. The average Bonchev–Trinajstić information content (AvgIpc) is 2.98. The third-order valence-corrected chi connectivity index (χ3v) is 4.33. The second-order valence-corrected chi connectivity index (χ2v) is 8.23. The Morgan fingerprint density at radius 2 is 1.96 bits per heavy atom. The van der Waals surface area contributed by atoms with Crippen LogP contribution in [-0.4, -0.2) is 55.9 Å². The monoisotopic (exact) mass is 407 g/mol. The van der Waals surface area contributed by atoms with Crippen LogP contribution in [0.2, 0.25) is 5.15 Å². The molecule has 0 unspecified atom stereocenters. The molecule has 1 aliphatic heterocycles. The second-order valence-electron chi connectivity index (χ2n) is 7.85. The number of rotatable bonds is 4. The van der Waals surface area contributed by atoms with Crippen LogP contribution in [0.3, 0.4) is 0 Å². The van der Waals surface area contributed by atoms with Crippen molar-refractivity contribution in [3.05, 3.63) is 23.0 Å². The van der Waals surface area contributed by atoms with Gasteiger partial charge in [0, 0.05) is 37.0 Å². The number of hydrogen-bond donors (Lipinski definition) is 3. The molecule has 10 heteroatoms. The Labute approximate surface area is 169 Å². The quantitative estimate of drug-likeness (QED) is 0.663. The highest BCUT2D eigenvalue weighted by Crippen LogP contribution is 2.21. The summed E-state index contributed by atoms with van der Waals surface area (Å²) in [4.78, 5) is 22.6. The summed E-state index contributed by atoms with van der Waals surface area (Å²) in [6.45, 7) is 8.75. The van der Waals surface area contributed by atoms with Crippen molar-refractivity contribution < 1.29 is 9.53 Å². The van der Waals surface area contributed by atoms with Crippen LogP contribution in [0.15, 0.2) is 12.1 Å². The van der Waals surface area contributed by atoms with Gasteiger partial charge >= 0.3 is 6.09 Å². The molecule has 0 aromatic carbocycles. The lowest BCUT2D eigenvalue weighted by Gasteiger charge is -2.33. The van der Waals surface area contributed by atoms with Crippen molar-refractivity contribution in [1.29, 1.82) is 0 Å². The largest absolute Gasteiger partial charge is 0.444 e. The van der Waals surface area contributed by atoms with Crippen LogP contribution in [-0.2, 0) is 4.74 Å². The molecule has 0 saturated carbocycles. The van der Waals surface area contributed by atoms with Gasteiger partial charge in [0.05, 0.1) is 0 Å². The van der Waals surface area contributed by atoms with Crippen LogP contribution in [0.5, 0.6) is 0 Å². The van der Waals surface area contributed by atoms with Crippen LogP contribution in [0.25, 0.3) is 0 Å². The number of aromatic nitrogens is 4.